The van der Waals surface area contributed by atoms with E-state index in [1.807, 2.05) is 31.2 Å². The van der Waals surface area contributed by atoms with Gasteiger partial charge in [-0.15, -0.1) is 0 Å². The van der Waals surface area contributed by atoms with Gasteiger partial charge in [0.05, 0.1) is 20.3 Å². The van der Waals surface area contributed by atoms with Gasteiger partial charge in [-0.1, -0.05) is 12.1 Å². The predicted molar refractivity (Wildman–Crippen MR) is 73.6 cm³/mol. The van der Waals surface area contributed by atoms with Crippen LogP contribution in [0.5, 0.6) is 11.5 Å². The number of esters is 1. The van der Waals surface area contributed by atoms with E-state index in [9.17, 15) is 4.79 Å². The van der Waals surface area contributed by atoms with Crippen LogP contribution < -0.4 is 9.47 Å². The summed E-state index contributed by atoms with van der Waals surface area (Å²) in [6.45, 7) is 2.90. The lowest BCUT2D eigenvalue weighted by molar-refractivity contribution is -0.143. The Morgan fingerprint density at radius 3 is 2.53 bits per heavy atom. The molecule has 0 spiro atoms. The highest BCUT2D eigenvalue weighted by atomic mass is 16.5. The standard InChI is InChI=1S/C15H22O4/c1-3-18-15(16)11-5-4-8-12-19-14-10-7-6-9-13(14)17-2/h6-7,9-10H,3-5,8,11-12H2,1-2H3. The maximum atomic E-state index is 11.1. The Kier molecular flexibility index (Phi) is 7.47. The Labute approximate surface area is 114 Å². The first-order valence-electron chi connectivity index (χ1n) is 6.69. The molecule has 0 amide bonds. The summed E-state index contributed by atoms with van der Waals surface area (Å²) in [7, 11) is 1.63. The second-order valence-corrected chi connectivity index (χ2v) is 4.12. The van der Waals surface area contributed by atoms with E-state index in [0.717, 1.165) is 30.8 Å². The van der Waals surface area contributed by atoms with Gasteiger partial charge >= 0.3 is 5.97 Å². The number of hydrogen-bond acceptors (Lipinski definition) is 4. The number of carbonyl (C=O) groups excluding carboxylic acids is 1. The molecule has 0 saturated heterocycles. The van der Waals surface area contributed by atoms with E-state index >= 15 is 0 Å². The van der Waals surface area contributed by atoms with Gasteiger partial charge in [0.25, 0.3) is 0 Å². The molecular weight excluding hydrogens is 244 g/mol. The fourth-order valence-corrected chi connectivity index (χ4v) is 1.70. The molecule has 4 nitrogen and oxygen atoms in total. The second kappa shape index (κ2) is 9.25. The number of methoxy groups -OCH3 is 1. The quantitative estimate of drug-likeness (QED) is 0.508. The van der Waals surface area contributed by atoms with E-state index in [-0.39, 0.29) is 5.97 Å². The van der Waals surface area contributed by atoms with Crippen LogP contribution >= 0.6 is 0 Å². The third-order valence-corrected chi connectivity index (χ3v) is 2.66. The van der Waals surface area contributed by atoms with Gasteiger partial charge < -0.3 is 14.2 Å². The minimum atomic E-state index is -0.117. The van der Waals surface area contributed by atoms with Gasteiger partial charge in [0.1, 0.15) is 0 Å². The lowest BCUT2D eigenvalue weighted by atomic mass is 10.2. The molecule has 0 bridgehead atoms. The van der Waals surface area contributed by atoms with Gasteiger partial charge in [0, 0.05) is 6.42 Å². The van der Waals surface area contributed by atoms with E-state index in [0.29, 0.717) is 19.6 Å². The summed E-state index contributed by atoms with van der Waals surface area (Å²) >= 11 is 0. The molecule has 0 fully saturated rings. The van der Waals surface area contributed by atoms with Gasteiger partial charge in [0.15, 0.2) is 11.5 Å². The van der Waals surface area contributed by atoms with E-state index in [2.05, 4.69) is 0 Å². The SMILES string of the molecule is CCOC(=O)CCCCCOc1ccccc1OC. The number of carbonyl (C=O) groups is 1. The van der Waals surface area contributed by atoms with Gasteiger partial charge in [-0.2, -0.15) is 0 Å². The number of hydrogen-bond donors (Lipinski definition) is 0. The first-order chi connectivity index (χ1) is 9.27. The average Bonchev–Trinajstić information content (AvgIpc) is 2.43. The lowest BCUT2D eigenvalue weighted by Gasteiger charge is -2.09. The van der Waals surface area contributed by atoms with Crippen LogP contribution in [-0.2, 0) is 9.53 Å². The molecule has 0 aliphatic rings. The zero-order valence-electron chi connectivity index (χ0n) is 11.7. The molecule has 19 heavy (non-hydrogen) atoms. The lowest BCUT2D eigenvalue weighted by Crippen LogP contribution is -2.04. The van der Waals surface area contributed by atoms with Crippen LogP contribution in [0, 0.1) is 0 Å². The van der Waals surface area contributed by atoms with Crippen LogP contribution in [0.2, 0.25) is 0 Å². The largest absolute Gasteiger partial charge is 0.493 e. The molecule has 0 aliphatic carbocycles. The van der Waals surface area contributed by atoms with Crippen LogP contribution in [-0.4, -0.2) is 26.3 Å². The average molecular weight is 266 g/mol. The first kappa shape index (κ1) is 15.3. The van der Waals surface area contributed by atoms with Crippen LogP contribution in [0.25, 0.3) is 0 Å². The maximum Gasteiger partial charge on any atom is 0.305 e. The Morgan fingerprint density at radius 1 is 1.11 bits per heavy atom. The number of para-hydroxylation sites is 2. The van der Waals surface area contributed by atoms with E-state index in [1.165, 1.54) is 0 Å². The Balaban J connectivity index is 2.12. The van der Waals surface area contributed by atoms with E-state index < -0.39 is 0 Å². The highest BCUT2D eigenvalue weighted by Gasteiger charge is 2.03. The third kappa shape index (κ3) is 6.13. The van der Waals surface area contributed by atoms with Crippen molar-refractivity contribution in [2.24, 2.45) is 0 Å². The molecule has 0 radical (unpaired) electrons. The maximum absolute atomic E-state index is 11.1. The fraction of sp³-hybridized carbons (Fsp3) is 0.533. The smallest absolute Gasteiger partial charge is 0.305 e. The first-order valence-corrected chi connectivity index (χ1v) is 6.69. The predicted octanol–water partition coefficient (Wildman–Crippen LogP) is 3.20. The molecule has 0 atom stereocenters. The summed E-state index contributed by atoms with van der Waals surface area (Å²) in [5, 5.41) is 0. The van der Waals surface area contributed by atoms with Gasteiger partial charge in [-0.3, -0.25) is 4.79 Å². The molecule has 0 aliphatic heterocycles. The molecule has 1 rings (SSSR count). The molecule has 4 heteroatoms. The molecule has 1 aromatic rings. The van der Waals surface area contributed by atoms with Gasteiger partial charge in [0.2, 0.25) is 0 Å². The van der Waals surface area contributed by atoms with E-state index in [4.69, 9.17) is 14.2 Å². The number of rotatable bonds is 9. The van der Waals surface area contributed by atoms with Crippen molar-refractivity contribution in [1.82, 2.24) is 0 Å². The van der Waals surface area contributed by atoms with Crippen LogP contribution in [0.1, 0.15) is 32.6 Å². The summed E-state index contributed by atoms with van der Waals surface area (Å²) in [6.07, 6.45) is 3.20. The van der Waals surface area contributed by atoms with Crippen molar-refractivity contribution >= 4 is 5.97 Å². The van der Waals surface area contributed by atoms with Crippen LogP contribution in [0.3, 0.4) is 0 Å². The van der Waals surface area contributed by atoms with Gasteiger partial charge in [-0.25, -0.2) is 0 Å². The normalized spacial score (nSPS) is 10.0. The topological polar surface area (TPSA) is 44.8 Å². The molecule has 106 valence electrons. The Morgan fingerprint density at radius 2 is 1.84 bits per heavy atom. The Hall–Kier alpha value is -1.71. The van der Waals surface area contributed by atoms with Crippen LogP contribution in [0.15, 0.2) is 24.3 Å². The number of unbranched alkanes of at least 4 members (excludes halogenated alkanes) is 2. The van der Waals surface area contributed by atoms with Crippen molar-refractivity contribution in [3.05, 3.63) is 24.3 Å². The highest BCUT2D eigenvalue weighted by molar-refractivity contribution is 5.69. The molecular formula is C15H22O4. The van der Waals surface area contributed by atoms with Gasteiger partial charge in [-0.05, 0) is 38.3 Å². The molecule has 0 N–H and O–H groups in total. The highest BCUT2D eigenvalue weighted by Crippen LogP contribution is 2.25. The summed E-state index contributed by atoms with van der Waals surface area (Å²) in [6, 6.07) is 7.58. The summed E-state index contributed by atoms with van der Waals surface area (Å²) in [5.41, 5.74) is 0. The monoisotopic (exact) mass is 266 g/mol. The van der Waals surface area contributed by atoms with Crippen molar-refractivity contribution in [2.45, 2.75) is 32.6 Å². The number of ether oxygens (including phenoxy) is 3. The molecule has 1 aromatic carbocycles. The Bertz CT molecular complexity index is 376. The van der Waals surface area contributed by atoms with Crippen molar-refractivity contribution in [3.8, 4) is 11.5 Å². The van der Waals surface area contributed by atoms with Crippen molar-refractivity contribution < 1.29 is 19.0 Å². The van der Waals surface area contributed by atoms with Crippen molar-refractivity contribution in [1.29, 1.82) is 0 Å². The zero-order valence-corrected chi connectivity index (χ0v) is 11.7. The number of benzene rings is 1. The molecule has 0 aromatic heterocycles. The fourth-order valence-electron chi connectivity index (χ4n) is 1.70. The van der Waals surface area contributed by atoms with Crippen LogP contribution in [0.4, 0.5) is 0 Å². The molecule has 0 unspecified atom stereocenters. The third-order valence-electron chi connectivity index (χ3n) is 2.66. The minimum absolute atomic E-state index is 0.117. The van der Waals surface area contributed by atoms with E-state index in [1.54, 1.807) is 7.11 Å². The van der Waals surface area contributed by atoms with Crippen molar-refractivity contribution in [3.63, 3.8) is 0 Å². The summed E-state index contributed by atoms with van der Waals surface area (Å²) < 4.78 is 15.7. The second-order valence-electron chi connectivity index (χ2n) is 4.12. The minimum Gasteiger partial charge on any atom is -0.493 e. The zero-order chi connectivity index (χ0) is 13.9. The molecule has 0 heterocycles. The summed E-state index contributed by atoms with van der Waals surface area (Å²) in [4.78, 5) is 11.1. The van der Waals surface area contributed by atoms with Crippen molar-refractivity contribution in [2.75, 3.05) is 20.3 Å². The summed E-state index contributed by atoms with van der Waals surface area (Å²) in [5.74, 6) is 1.39. The molecule has 0 saturated carbocycles.